The van der Waals surface area contributed by atoms with E-state index >= 15 is 0 Å². The maximum Gasteiger partial charge on any atom is 0.374 e. The normalized spacial score (nSPS) is 10.4. The Morgan fingerprint density at radius 1 is 1.45 bits per heavy atom. The first-order chi connectivity index (χ1) is 9.43. The monoisotopic (exact) mass is 279 g/mol. The lowest BCUT2D eigenvalue weighted by atomic mass is 10.2. The molecule has 20 heavy (non-hydrogen) atoms. The quantitative estimate of drug-likeness (QED) is 0.514. The molecule has 1 N–H and O–H groups in total. The summed E-state index contributed by atoms with van der Waals surface area (Å²) in [5, 5.41) is 20.0. The van der Waals surface area contributed by atoms with Gasteiger partial charge < -0.3 is 14.3 Å². The number of carbonyl (C=O) groups excluding carboxylic acids is 1. The SMILES string of the molecule is CCOC(=O)c1cc(=O)c2cc([N+](=O)[O-])c(O)cc2o1. The molecule has 0 spiro atoms. The second kappa shape index (κ2) is 5.00. The number of aromatic hydroxyl groups is 1. The van der Waals surface area contributed by atoms with Crippen molar-refractivity contribution in [1.29, 1.82) is 0 Å². The van der Waals surface area contributed by atoms with Crippen LogP contribution in [-0.2, 0) is 4.74 Å². The lowest BCUT2D eigenvalue weighted by Crippen LogP contribution is -2.10. The van der Waals surface area contributed by atoms with Crippen molar-refractivity contribution < 1.29 is 24.0 Å². The number of esters is 1. The van der Waals surface area contributed by atoms with Crippen LogP contribution in [0.15, 0.2) is 27.4 Å². The van der Waals surface area contributed by atoms with Gasteiger partial charge >= 0.3 is 11.7 Å². The number of phenolic OH excluding ortho intramolecular Hbond substituents is 1. The number of phenols is 1. The molecule has 0 unspecified atom stereocenters. The van der Waals surface area contributed by atoms with Crippen molar-refractivity contribution >= 4 is 22.6 Å². The van der Waals surface area contributed by atoms with Gasteiger partial charge in [0.2, 0.25) is 5.76 Å². The second-order valence-corrected chi connectivity index (χ2v) is 3.79. The molecule has 0 saturated heterocycles. The molecule has 0 saturated carbocycles. The van der Waals surface area contributed by atoms with E-state index in [1.165, 1.54) is 0 Å². The smallest absolute Gasteiger partial charge is 0.374 e. The van der Waals surface area contributed by atoms with Gasteiger partial charge in [-0.3, -0.25) is 14.9 Å². The highest BCUT2D eigenvalue weighted by molar-refractivity contribution is 5.90. The predicted molar refractivity (Wildman–Crippen MR) is 66.8 cm³/mol. The maximum absolute atomic E-state index is 11.8. The van der Waals surface area contributed by atoms with Gasteiger partial charge in [-0.25, -0.2) is 4.79 Å². The minimum Gasteiger partial charge on any atom is -0.502 e. The van der Waals surface area contributed by atoms with E-state index < -0.39 is 27.8 Å². The Bertz CT molecular complexity index is 762. The van der Waals surface area contributed by atoms with E-state index in [4.69, 9.17) is 4.42 Å². The number of nitrogens with zero attached hydrogens (tertiary/aromatic N) is 1. The van der Waals surface area contributed by atoms with Crippen molar-refractivity contribution in [2.45, 2.75) is 6.92 Å². The van der Waals surface area contributed by atoms with Gasteiger partial charge in [0.15, 0.2) is 11.2 Å². The van der Waals surface area contributed by atoms with Crippen LogP contribution in [0.5, 0.6) is 5.75 Å². The van der Waals surface area contributed by atoms with Gasteiger partial charge in [-0.1, -0.05) is 0 Å². The Balaban J connectivity index is 2.68. The van der Waals surface area contributed by atoms with E-state index in [0.717, 1.165) is 18.2 Å². The van der Waals surface area contributed by atoms with Crippen LogP contribution in [0, 0.1) is 10.1 Å². The summed E-state index contributed by atoms with van der Waals surface area (Å²) in [6, 6.07) is 2.70. The molecule has 0 bridgehead atoms. The third-order valence-electron chi connectivity index (χ3n) is 2.50. The molecule has 0 aliphatic rings. The number of fused-ring (bicyclic) bond motifs is 1. The van der Waals surface area contributed by atoms with E-state index in [1.54, 1.807) is 6.92 Å². The summed E-state index contributed by atoms with van der Waals surface area (Å²) in [4.78, 5) is 33.1. The van der Waals surface area contributed by atoms with Crippen LogP contribution in [0.25, 0.3) is 11.0 Å². The van der Waals surface area contributed by atoms with Gasteiger partial charge in [0.25, 0.3) is 0 Å². The van der Waals surface area contributed by atoms with Crippen LogP contribution in [0.2, 0.25) is 0 Å². The Kier molecular flexibility index (Phi) is 3.38. The predicted octanol–water partition coefficient (Wildman–Crippen LogP) is 1.58. The van der Waals surface area contributed by atoms with Gasteiger partial charge in [-0.15, -0.1) is 0 Å². The second-order valence-electron chi connectivity index (χ2n) is 3.79. The van der Waals surface area contributed by atoms with E-state index in [-0.39, 0.29) is 23.3 Å². The molecule has 104 valence electrons. The summed E-state index contributed by atoms with van der Waals surface area (Å²) in [7, 11) is 0. The summed E-state index contributed by atoms with van der Waals surface area (Å²) in [5.41, 5.74) is -1.39. The van der Waals surface area contributed by atoms with Gasteiger partial charge in [-0.2, -0.15) is 0 Å². The maximum atomic E-state index is 11.8. The average molecular weight is 279 g/mol. The molecular formula is C12H9NO7. The summed E-state index contributed by atoms with van der Waals surface area (Å²) >= 11 is 0. The Morgan fingerprint density at radius 2 is 2.15 bits per heavy atom. The Morgan fingerprint density at radius 3 is 2.75 bits per heavy atom. The van der Waals surface area contributed by atoms with Crippen molar-refractivity contribution in [3.05, 3.63) is 44.3 Å². The third-order valence-corrected chi connectivity index (χ3v) is 2.50. The molecule has 0 amide bonds. The van der Waals surface area contributed by atoms with Crippen molar-refractivity contribution in [2.24, 2.45) is 0 Å². The number of rotatable bonds is 3. The number of benzene rings is 1. The first-order valence-corrected chi connectivity index (χ1v) is 5.56. The molecule has 1 heterocycles. The molecule has 0 aliphatic carbocycles. The van der Waals surface area contributed by atoms with E-state index in [2.05, 4.69) is 4.74 Å². The largest absolute Gasteiger partial charge is 0.502 e. The molecule has 2 rings (SSSR count). The van der Waals surface area contributed by atoms with Crippen molar-refractivity contribution in [3.8, 4) is 5.75 Å². The molecule has 0 atom stereocenters. The number of hydrogen-bond acceptors (Lipinski definition) is 7. The summed E-state index contributed by atoms with van der Waals surface area (Å²) in [6.45, 7) is 1.69. The van der Waals surface area contributed by atoms with Gasteiger partial charge in [0, 0.05) is 18.2 Å². The fourth-order valence-corrected chi connectivity index (χ4v) is 1.63. The number of ether oxygens (including phenoxy) is 1. The van der Waals surface area contributed by atoms with Crippen molar-refractivity contribution in [2.75, 3.05) is 6.61 Å². The van der Waals surface area contributed by atoms with Gasteiger partial charge in [0.1, 0.15) is 5.58 Å². The van der Waals surface area contributed by atoms with Crippen LogP contribution in [0.3, 0.4) is 0 Å². The number of nitro groups is 1. The minimum atomic E-state index is -0.829. The summed E-state index contributed by atoms with van der Waals surface area (Å²) < 4.78 is 9.80. The molecule has 0 radical (unpaired) electrons. The third kappa shape index (κ3) is 2.30. The summed E-state index contributed by atoms with van der Waals surface area (Å²) in [6.07, 6.45) is 0. The van der Waals surface area contributed by atoms with Crippen LogP contribution >= 0.6 is 0 Å². The van der Waals surface area contributed by atoms with Crippen molar-refractivity contribution in [1.82, 2.24) is 0 Å². The Hall–Kier alpha value is -2.90. The Labute approximate surface area is 111 Å². The highest BCUT2D eigenvalue weighted by Gasteiger charge is 2.19. The molecular weight excluding hydrogens is 270 g/mol. The molecule has 0 fully saturated rings. The molecule has 2 aromatic rings. The molecule has 0 aliphatic heterocycles. The number of nitro benzene ring substituents is 1. The zero-order chi connectivity index (χ0) is 14.9. The van der Waals surface area contributed by atoms with Crippen LogP contribution in [-0.4, -0.2) is 22.6 Å². The highest BCUT2D eigenvalue weighted by Crippen LogP contribution is 2.30. The van der Waals surface area contributed by atoms with E-state index in [0.29, 0.717) is 0 Å². The van der Waals surface area contributed by atoms with Gasteiger partial charge in [0.05, 0.1) is 16.9 Å². The molecule has 8 heteroatoms. The fraction of sp³-hybridized carbons (Fsp3) is 0.167. The number of hydrogen-bond donors (Lipinski definition) is 1. The summed E-state index contributed by atoms with van der Waals surface area (Å²) in [5.74, 6) is -1.83. The average Bonchev–Trinajstić information content (AvgIpc) is 2.37. The standard InChI is InChI=1S/C12H9NO7/c1-2-19-12(16)11-4-8(14)6-3-7(13(17)18)9(15)5-10(6)20-11/h3-5,15H,2H2,1H3. The molecule has 1 aromatic carbocycles. The first kappa shape index (κ1) is 13.5. The zero-order valence-corrected chi connectivity index (χ0v) is 10.3. The lowest BCUT2D eigenvalue weighted by Gasteiger charge is -2.03. The first-order valence-electron chi connectivity index (χ1n) is 5.56. The molecule has 1 aromatic heterocycles. The lowest BCUT2D eigenvalue weighted by molar-refractivity contribution is -0.385. The van der Waals surface area contributed by atoms with Crippen LogP contribution in [0.1, 0.15) is 17.5 Å². The highest BCUT2D eigenvalue weighted by atomic mass is 16.6. The minimum absolute atomic E-state index is 0.103. The van der Waals surface area contributed by atoms with Crippen LogP contribution < -0.4 is 5.43 Å². The van der Waals surface area contributed by atoms with Crippen molar-refractivity contribution in [3.63, 3.8) is 0 Å². The van der Waals surface area contributed by atoms with Crippen LogP contribution in [0.4, 0.5) is 5.69 Å². The number of carbonyl (C=O) groups is 1. The van der Waals surface area contributed by atoms with E-state index in [9.17, 15) is 24.8 Å². The topological polar surface area (TPSA) is 120 Å². The fourth-order valence-electron chi connectivity index (χ4n) is 1.63. The van der Waals surface area contributed by atoms with Gasteiger partial charge in [-0.05, 0) is 6.92 Å². The van der Waals surface area contributed by atoms with E-state index in [1.807, 2.05) is 0 Å². The zero-order valence-electron chi connectivity index (χ0n) is 10.3. The molecule has 8 nitrogen and oxygen atoms in total.